The molecule has 0 atom stereocenters. The number of azo groups is 1. The lowest BCUT2D eigenvalue weighted by Gasteiger charge is -2.09. The van der Waals surface area contributed by atoms with Crippen molar-refractivity contribution >= 4 is 52.5 Å². The van der Waals surface area contributed by atoms with Gasteiger partial charge in [0.2, 0.25) is 0 Å². The fourth-order valence-electron chi connectivity index (χ4n) is 3.02. The van der Waals surface area contributed by atoms with E-state index in [1.165, 1.54) is 43.5 Å². The van der Waals surface area contributed by atoms with Crippen LogP contribution in [0.2, 0.25) is 0 Å². The Hall–Kier alpha value is -3.15. The lowest BCUT2D eigenvalue weighted by molar-refractivity contribution is 0.284. The number of phenols is 1. The summed E-state index contributed by atoms with van der Waals surface area (Å²) in [6.07, 6.45) is 0. The highest BCUT2D eigenvalue weighted by molar-refractivity contribution is 7.91. The molecule has 0 saturated heterocycles. The number of rotatable bonds is 9. The normalized spacial score (nSPS) is 12.9. The molecule has 188 valence electrons. The quantitative estimate of drug-likeness (QED) is 0.263. The van der Waals surface area contributed by atoms with Gasteiger partial charge in [-0.25, -0.2) is 12.6 Å². The Morgan fingerprint density at radius 3 is 2.17 bits per heavy atom. The molecule has 0 bridgehead atoms. The first kappa shape index (κ1) is 26.5. The van der Waals surface area contributed by atoms with Crippen molar-refractivity contribution < 1.29 is 48.4 Å². The van der Waals surface area contributed by atoms with Gasteiger partial charge in [-0.2, -0.15) is 16.8 Å². The number of methoxy groups -OCH3 is 1. The maximum Gasteiger partial charge on any atom is 0.397 e. The topological polar surface area (TPSA) is 206 Å². The Morgan fingerprint density at radius 2 is 1.54 bits per heavy atom. The fraction of sp³-hybridized carbons (Fsp3) is 0.158. The van der Waals surface area contributed by atoms with Crippen LogP contribution in [-0.4, -0.2) is 58.9 Å². The number of fused-ring (bicyclic) bond motifs is 1. The molecule has 3 N–H and O–H groups in total. The third kappa shape index (κ3) is 6.30. The van der Waals surface area contributed by atoms with Gasteiger partial charge in [0.1, 0.15) is 22.0 Å². The molecule has 3 rings (SSSR count). The van der Waals surface area contributed by atoms with Crippen LogP contribution in [0.1, 0.15) is 0 Å². The predicted molar refractivity (Wildman–Crippen MR) is 122 cm³/mol. The summed E-state index contributed by atoms with van der Waals surface area (Å²) in [6, 6.07) is 10.00. The largest absolute Gasteiger partial charge is 0.505 e. The SMILES string of the molecule is COc1ccc(S(=O)(=O)CCOS(=O)(=O)O)cc1/N=N/c1ccc2c(S(=O)(=O)O)cccc2c1O. The van der Waals surface area contributed by atoms with E-state index in [1.54, 1.807) is 0 Å². The first-order chi connectivity index (χ1) is 16.2. The van der Waals surface area contributed by atoms with Gasteiger partial charge in [-0.05, 0) is 30.3 Å². The van der Waals surface area contributed by atoms with E-state index in [2.05, 4.69) is 14.4 Å². The molecular formula is C19H18N2O11S3. The maximum absolute atomic E-state index is 12.5. The molecule has 0 amide bonds. The van der Waals surface area contributed by atoms with E-state index < -0.39 is 53.4 Å². The van der Waals surface area contributed by atoms with Crippen LogP contribution in [0, 0.1) is 0 Å². The van der Waals surface area contributed by atoms with Gasteiger partial charge >= 0.3 is 10.4 Å². The molecule has 0 spiro atoms. The van der Waals surface area contributed by atoms with Gasteiger partial charge in [0.05, 0.1) is 24.4 Å². The number of hydrogen-bond donors (Lipinski definition) is 3. The molecule has 0 aliphatic heterocycles. The van der Waals surface area contributed by atoms with Crippen LogP contribution in [0.5, 0.6) is 11.5 Å². The molecule has 13 nitrogen and oxygen atoms in total. The number of benzene rings is 3. The highest BCUT2D eigenvalue weighted by Crippen LogP contribution is 2.39. The smallest absolute Gasteiger partial charge is 0.397 e. The van der Waals surface area contributed by atoms with E-state index >= 15 is 0 Å². The second-order valence-electron chi connectivity index (χ2n) is 6.86. The van der Waals surface area contributed by atoms with E-state index in [4.69, 9.17) is 9.29 Å². The molecule has 0 saturated carbocycles. The van der Waals surface area contributed by atoms with Crippen molar-refractivity contribution in [2.24, 2.45) is 10.2 Å². The Labute approximate surface area is 200 Å². The van der Waals surface area contributed by atoms with Crippen LogP contribution >= 0.6 is 0 Å². The third-order valence-electron chi connectivity index (χ3n) is 4.61. The van der Waals surface area contributed by atoms with Crippen LogP contribution in [0.25, 0.3) is 10.8 Å². The molecule has 35 heavy (non-hydrogen) atoms. The highest BCUT2D eigenvalue weighted by Gasteiger charge is 2.19. The fourth-order valence-corrected chi connectivity index (χ4v) is 5.23. The number of phenolic OH excluding ortho intramolecular Hbond substituents is 1. The molecule has 3 aromatic rings. The van der Waals surface area contributed by atoms with Crippen molar-refractivity contribution in [2.45, 2.75) is 9.79 Å². The molecule has 16 heteroatoms. The van der Waals surface area contributed by atoms with Crippen LogP contribution in [0.15, 0.2) is 68.6 Å². The lowest BCUT2D eigenvalue weighted by Crippen LogP contribution is -2.15. The van der Waals surface area contributed by atoms with Gasteiger partial charge in [-0.3, -0.25) is 9.11 Å². The second kappa shape index (κ2) is 9.84. The van der Waals surface area contributed by atoms with Gasteiger partial charge in [0.15, 0.2) is 15.6 Å². The summed E-state index contributed by atoms with van der Waals surface area (Å²) >= 11 is 0. The molecule has 0 aliphatic rings. The molecule has 0 fully saturated rings. The number of ether oxygens (including phenoxy) is 1. The van der Waals surface area contributed by atoms with Crippen molar-refractivity contribution in [1.82, 2.24) is 0 Å². The van der Waals surface area contributed by atoms with Crippen molar-refractivity contribution in [2.75, 3.05) is 19.5 Å². The summed E-state index contributed by atoms with van der Waals surface area (Å²) in [7, 11) is -12.1. The molecule has 0 aliphatic carbocycles. The molecule has 0 unspecified atom stereocenters. The van der Waals surface area contributed by atoms with Crippen LogP contribution in [0.3, 0.4) is 0 Å². The number of nitrogens with zero attached hydrogens (tertiary/aromatic N) is 2. The standard InChI is InChI=1S/C19H18N2O11S3/c1-31-17-8-5-12(33(23,24)10-9-32-35(28,29)30)11-16(17)21-20-15-7-6-13-14(19(15)22)3-2-4-18(13)34(25,26)27/h2-8,11,22H,9-10H2,1H3,(H,25,26,27)(H,28,29,30)/b21-20+. The Kier molecular flexibility index (Phi) is 7.44. The van der Waals surface area contributed by atoms with Crippen molar-refractivity contribution in [1.29, 1.82) is 0 Å². The Morgan fingerprint density at radius 1 is 0.857 bits per heavy atom. The van der Waals surface area contributed by atoms with Crippen LogP contribution in [0.4, 0.5) is 11.4 Å². The maximum atomic E-state index is 12.5. The number of aromatic hydroxyl groups is 1. The van der Waals surface area contributed by atoms with Gasteiger partial charge in [0, 0.05) is 10.8 Å². The van der Waals surface area contributed by atoms with E-state index in [1.807, 2.05) is 0 Å². The molecule has 0 radical (unpaired) electrons. The van der Waals surface area contributed by atoms with Gasteiger partial charge in [-0.15, -0.1) is 10.2 Å². The first-order valence-corrected chi connectivity index (χ1v) is 13.9. The minimum Gasteiger partial charge on any atom is -0.505 e. The number of hydrogen-bond acceptors (Lipinski definition) is 11. The summed E-state index contributed by atoms with van der Waals surface area (Å²) < 4.78 is 96.5. The van der Waals surface area contributed by atoms with E-state index in [-0.39, 0.29) is 32.8 Å². The summed E-state index contributed by atoms with van der Waals surface area (Å²) in [5.74, 6) is -1.09. The lowest BCUT2D eigenvalue weighted by atomic mass is 10.1. The monoisotopic (exact) mass is 546 g/mol. The molecular weight excluding hydrogens is 528 g/mol. The van der Waals surface area contributed by atoms with Crippen molar-refractivity contribution in [3.63, 3.8) is 0 Å². The highest BCUT2D eigenvalue weighted by atomic mass is 32.3. The zero-order valence-corrected chi connectivity index (χ0v) is 20.2. The van der Waals surface area contributed by atoms with Crippen LogP contribution < -0.4 is 4.74 Å². The van der Waals surface area contributed by atoms with Crippen molar-refractivity contribution in [3.8, 4) is 11.5 Å². The average molecular weight is 547 g/mol. The minimum absolute atomic E-state index is 0.0456. The van der Waals surface area contributed by atoms with Gasteiger partial charge < -0.3 is 9.84 Å². The Balaban J connectivity index is 1.98. The summed E-state index contributed by atoms with van der Waals surface area (Å²) in [4.78, 5) is -0.682. The number of sulfone groups is 1. The van der Waals surface area contributed by atoms with Crippen LogP contribution in [-0.2, 0) is 34.5 Å². The van der Waals surface area contributed by atoms with Gasteiger partial charge in [0.25, 0.3) is 10.1 Å². The van der Waals surface area contributed by atoms with Gasteiger partial charge in [-0.1, -0.05) is 18.2 Å². The zero-order valence-electron chi connectivity index (χ0n) is 17.8. The summed E-state index contributed by atoms with van der Waals surface area (Å²) in [5.41, 5.74) is -0.155. The molecule has 3 aromatic carbocycles. The third-order valence-corrected chi connectivity index (χ3v) is 7.66. The Bertz CT molecular complexity index is 1630. The predicted octanol–water partition coefficient (Wildman–Crippen LogP) is 2.81. The average Bonchev–Trinajstić information content (AvgIpc) is 2.76. The van der Waals surface area contributed by atoms with Crippen molar-refractivity contribution in [3.05, 3.63) is 48.5 Å². The zero-order chi connectivity index (χ0) is 26.0. The summed E-state index contributed by atoms with van der Waals surface area (Å²) in [6.45, 7) is -0.819. The second-order valence-corrected chi connectivity index (χ2v) is 11.5. The molecule has 0 aromatic heterocycles. The molecule has 0 heterocycles. The summed E-state index contributed by atoms with van der Waals surface area (Å²) in [5, 5.41) is 18.5. The van der Waals surface area contributed by atoms with E-state index in [9.17, 15) is 34.9 Å². The minimum atomic E-state index is -4.81. The first-order valence-electron chi connectivity index (χ1n) is 9.39. The van der Waals surface area contributed by atoms with E-state index in [0.29, 0.717) is 0 Å². The van der Waals surface area contributed by atoms with E-state index in [0.717, 1.165) is 12.1 Å².